The highest BCUT2D eigenvalue weighted by molar-refractivity contribution is 5.73. The van der Waals surface area contributed by atoms with Crippen LogP contribution in [0.4, 0.5) is 0 Å². The van der Waals surface area contributed by atoms with Gasteiger partial charge in [-0.3, -0.25) is 4.79 Å². The highest BCUT2D eigenvalue weighted by Gasteiger charge is 2.29. The summed E-state index contributed by atoms with van der Waals surface area (Å²) in [6, 6.07) is 0.172. The summed E-state index contributed by atoms with van der Waals surface area (Å²) < 4.78 is 0. The van der Waals surface area contributed by atoms with E-state index >= 15 is 0 Å². The predicted molar refractivity (Wildman–Crippen MR) is 46.7 cm³/mol. The molecule has 1 rings (SSSR count). The van der Waals surface area contributed by atoms with Crippen LogP contribution in [0.25, 0.3) is 0 Å². The molecule has 0 aromatic carbocycles. The van der Waals surface area contributed by atoms with Crippen molar-refractivity contribution in [2.24, 2.45) is 0 Å². The highest BCUT2D eigenvalue weighted by Crippen LogP contribution is 2.27. The van der Waals surface area contributed by atoms with Gasteiger partial charge in [-0.05, 0) is 32.6 Å². The number of hydrogen-bond acceptors (Lipinski definition) is 2. The zero-order chi connectivity index (χ0) is 9.19. The van der Waals surface area contributed by atoms with Gasteiger partial charge in [0, 0.05) is 13.0 Å². The van der Waals surface area contributed by atoms with Crippen molar-refractivity contribution < 1.29 is 9.90 Å². The monoisotopic (exact) mass is 171 g/mol. The SMILES string of the molecule is CC(=O)NC1CCCC(C)(O)C1. The van der Waals surface area contributed by atoms with Gasteiger partial charge < -0.3 is 10.4 Å². The fourth-order valence-corrected chi connectivity index (χ4v) is 1.87. The minimum atomic E-state index is -0.578. The zero-order valence-electron chi connectivity index (χ0n) is 7.76. The van der Waals surface area contributed by atoms with Crippen LogP contribution in [0.3, 0.4) is 0 Å². The summed E-state index contributed by atoms with van der Waals surface area (Å²) in [7, 11) is 0. The molecule has 1 aliphatic carbocycles. The summed E-state index contributed by atoms with van der Waals surface area (Å²) >= 11 is 0. The van der Waals surface area contributed by atoms with E-state index in [9.17, 15) is 9.90 Å². The highest BCUT2D eigenvalue weighted by atomic mass is 16.3. The molecule has 0 aliphatic heterocycles. The molecule has 0 heterocycles. The number of aliphatic hydroxyl groups is 1. The lowest BCUT2D eigenvalue weighted by Gasteiger charge is -2.34. The predicted octanol–water partition coefficient (Wildman–Crippen LogP) is 0.816. The molecule has 12 heavy (non-hydrogen) atoms. The average molecular weight is 171 g/mol. The second kappa shape index (κ2) is 3.44. The Hall–Kier alpha value is -0.570. The Labute approximate surface area is 73.2 Å². The van der Waals surface area contributed by atoms with Crippen LogP contribution < -0.4 is 5.32 Å². The molecule has 70 valence electrons. The first-order valence-electron chi connectivity index (χ1n) is 4.49. The Morgan fingerprint density at radius 2 is 2.33 bits per heavy atom. The maximum atomic E-state index is 10.7. The fourth-order valence-electron chi connectivity index (χ4n) is 1.87. The zero-order valence-corrected chi connectivity index (χ0v) is 7.76. The topological polar surface area (TPSA) is 49.3 Å². The molecule has 0 aromatic rings. The van der Waals surface area contributed by atoms with Crippen molar-refractivity contribution in [1.82, 2.24) is 5.32 Å². The standard InChI is InChI=1S/C9H17NO2/c1-7(11)10-8-4-3-5-9(2,12)6-8/h8,12H,3-6H2,1-2H3,(H,10,11). The van der Waals surface area contributed by atoms with Gasteiger partial charge in [0.25, 0.3) is 0 Å². The third-order valence-corrected chi connectivity index (χ3v) is 2.36. The average Bonchev–Trinajstić information content (AvgIpc) is 1.82. The number of amides is 1. The van der Waals surface area contributed by atoms with E-state index < -0.39 is 5.60 Å². The van der Waals surface area contributed by atoms with Gasteiger partial charge in [-0.1, -0.05) is 0 Å². The quantitative estimate of drug-likeness (QED) is 0.613. The Bertz CT molecular complexity index is 177. The van der Waals surface area contributed by atoms with E-state index in [0.717, 1.165) is 19.3 Å². The van der Waals surface area contributed by atoms with Crippen LogP contribution in [-0.4, -0.2) is 22.7 Å². The van der Waals surface area contributed by atoms with Crippen molar-refractivity contribution in [2.45, 2.75) is 51.2 Å². The molecule has 1 saturated carbocycles. The first-order chi connectivity index (χ1) is 5.49. The van der Waals surface area contributed by atoms with Gasteiger partial charge in [-0.2, -0.15) is 0 Å². The van der Waals surface area contributed by atoms with E-state index in [0.29, 0.717) is 6.42 Å². The Balaban J connectivity index is 2.41. The summed E-state index contributed by atoms with van der Waals surface area (Å²) in [6.45, 7) is 3.35. The normalized spacial score (nSPS) is 36.1. The fraction of sp³-hybridized carbons (Fsp3) is 0.889. The van der Waals surface area contributed by atoms with Crippen molar-refractivity contribution in [3.8, 4) is 0 Å². The van der Waals surface area contributed by atoms with Gasteiger partial charge in [0.2, 0.25) is 5.91 Å². The lowest BCUT2D eigenvalue weighted by molar-refractivity contribution is -0.120. The summed E-state index contributed by atoms with van der Waals surface area (Å²) in [4.78, 5) is 10.7. The van der Waals surface area contributed by atoms with Crippen molar-refractivity contribution >= 4 is 5.91 Å². The third-order valence-electron chi connectivity index (χ3n) is 2.36. The molecule has 0 radical (unpaired) electrons. The second-order valence-corrected chi connectivity index (χ2v) is 3.99. The van der Waals surface area contributed by atoms with Crippen LogP contribution in [0.15, 0.2) is 0 Å². The van der Waals surface area contributed by atoms with Crippen LogP contribution in [0.2, 0.25) is 0 Å². The molecule has 0 bridgehead atoms. The van der Waals surface area contributed by atoms with Gasteiger partial charge in [-0.15, -0.1) is 0 Å². The van der Waals surface area contributed by atoms with E-state index in [4.69, 9.17) is 0 Å². The van der Waals surface area contributed by atoms with E-state index in [1.807, 2.05) is 6.92 Å². The van der Waals surface area contributed by atoms with E-state index in [1.165, 1.54) is 6.92 Å². The molecule has 0 spiro atoms. The van der Waals surface area contributed by atoms with Crippen LogP contribution >= 0.6 is 0 Å². The van der Waals surface area contributed by atoms with Gasteiger partial charge in [0.05, 0.1) is 5.60 Å². The molecule has 3 nitrogen and oxygen atoms in total. The Morgan fingerprint density at radius 1 is 1.67 bits per heavy atom. The molecule has 1 fully saturated rings. The van der Waals surface area contributed by atoms with E-state index in [2.05, 4.69) is 5.32 Å². The maximum Gasteiger partial charge on any atom is 0.217 e. The minimum Gasteiger partial charge on any atom is -0.390 e. The Morgan fingerprint density at radius 3 is 2.83 bits per heavy atom. The van der Waals surface area contributed by atoms with Crippen molar-refractivity contribution in [1.29, 1.82) is 0 Å². The number of hydrogen-bond donors (Lipinski definition) is 2. The maximum absolute atomic E-state index is 10.7. The van der Waals surface area contributed by atoms with Crippen LogP contribution in [0.5, 0.6) is 0 Å². The summed E-state index contributed by atoms with van der Waals surface area (Å²) in [5.74, 6) is -0.00213. The van der Waals surface area contributed by atoms with Gasteiger partial charge in [0.15, 0.2) is 0 Å². The lowest BCUT2D eigenvalue weighted by Crippen LogP contribution is -2.43. The number of nitrogens with one attached hydrogen (secondary N) is 1. The molecule has 1 amide bonds. The van der Waals surface area contributed by atoms with Gasteiger partial charge in [0.1, 0.15) is 0 Å². The minimum absolute atomic E-state index is 0.00213. The molecular weight excluding hydrogens is 154 g/mol. The van der Waals surface area contributed by atoms with Crippen LogP contribution in [-0.2, 0) is 4.79 Å². The number of carbonyl (C=O) groups is 1. The molecule has 3 heteroatoms. The lowest BCUT2D eigenvalue weighted by atomic mass is 9.83. The van der Waals surface area contributed by atoms with Gasteiger partial charge >= 0.3 is 0 Å². The van der Waals surface area contributed by atoms with Gasteiger partial charge in [-0.25, -0.2) is 0 Å². The van der Waals surface area contributed by atoms with E-state index in [-0.39, 0.29) is 11.9 Å². The Kier molecular flexibility index (Phi) is 2.73. The summed E-state index contributed by atoms with van der Waals surface area (Å²) in [5.41, 5.74) is -0.578. The first kappa shape index (κ1) is 9.52. The van der Waals surface area contributed by atoms with Crippen LogP contribution in [0, 0.1) is 0 Å². The van der Waals surface area contributed by atoms with Crippen molar-refractivity contribution in [2.75, 3.05) is 0 Å². The molecule has 2 atom stereocenters. The number of rotatable bonds is 1. The van der Waals surface area contributed by atoms with Crippen molar-refractivity contribution in [3.63, 3.8) is 0 Å². The molecule has 2 N–H and O–H groups in total. The summed E-state index contributed by atoms with van der Waals surface area (Å²) in [5, 5.41) is 12.5. The molecule has 1 aliphatic rings. The van der Waals surface area contributed by atoms with Crippen LogP contribution in [0.1, 0.15) is 39.5 Å². The van der Waals surface area contributed by atoms with Crippen molar-refractivity contribution in [3.05, 3.63) is 0 Å². The second-order valence-electron chi connectivity index (χ2n) is 3.99. The largest absolute Gasteiger partial charge is 0.390 e. The third kappa shape index (κ3) is 2.81. The molecule has 2 unspecified atom stereocenters. The molecule has 0 saturated heterocycles. The molecule has 0 aromatic heterocycles. The van der Waals surface area contributed by atoms with E-state index in [1.54, 1.807) is 0 Å². The smallest absolute Gasteiger partial charge is 0.217 e. The molecular formula is C9H17NO2. The summed E-state index contributed by atoms with van der Waals surface area (Å²) in [6.07, 6.45) is 3.53. The number of carbonyl (C=O) groups excluding carboxylic acids is 1. The first-order valence-corrected chi connectivity index (χ1v) is 4.49.